The molecule has 74 valence electrons. The summed E-state index contributed by atoms with van der Waals surface area (Å²) < 4.78 is 0. The number of urea groups is 1. The molecule has 1 saturated carbocycles. The molecule has 4 heteroatoms. The van der Waals surface area contributed by atoms with Gasteiger partial charge in [-0.05, 0) is 12.8 Å². The first kappa shape index (κ1) is 10.0. The lowest BCUT2D eigenvalue weighted by Gasteiger charge is -2.30. The highest BCUT2D eigenvalue weighted by molar-refractivity contribution is 5.80. The van der Waals surface area contributed by atoms with Crippen molar-refractivity contribution in [3.8, 4) is 0 Å². The van der Waals surface area contributed by atoms with Gasteiger partial charge in [0.15, 0.2) is 0 Å². The molecule has 0 aromatic rings. The van der Waals surface area contributed by atoms with E-state index in [4.69, 9.17) is 0 Å². The molecule has 1 N–H and O–H groups in total. The van der Waals surface area contributed by atoms with E-state index in [1.807, 2.05) is 0 Å². The summed E-state index contributed by atoms with van der Waals surface area (Å²) >= 11 is 0. The number of ketones is 1. The van der Waals surface area contributed by atoms with Crippen LogP contribution in [0.4, 0.5) is 4.79 Å². The van der Waals surface area contributed by atoms with Crippen molar-refractivity contribution in [3.63, 3.8) is 0 Å². The predicted molar refractivity (Wildman–Crippen MR) is 49.5 cm³/mol. The van der Waals surface area contributed by atoms with E-state index in [9.17, 15) is 9.59 Å². The highest BCUT2D eigenvalue weighted by Gasteiger charge is 2.24. The largest absolute Gasteiger partial charge is 0.341 e. The molecule has 0 atom stereocenters. The zero-order chi connectivity index (χ0) is 9.84. The molecule has 0 bridgehead atoms. The molecule has 1 aliphatic carbocycles. The second kappa shape index (κ2) is 4.25. The lowest BCUT2D eigenvalue weighted by Crippen LogP contribution is -2.43. The van der Waals surface area contributed by atoms with Crippen molar-refractivity contribution in [2.24, 2.45) is 0 Å². The summed E-state index contributed by atoms with van der Waals surface area (Å²) in [6.07, 6.45) is 2.85. The van der Waals surface area contributed by atoms with E-state index < -0.39 is 0 Å². The molecule has 0 saturated heterocycles. The van der Waals surface area contributed by atoms with Gasteiger partial charge in [-0.3, -0.25) is 4.79 Å². The SMILES string of the molecule is CNC(=O)N(C)C1CCC(=O)CC1. The molecule has 0 heterocycles. The zero-order valence-electron chi connectivity index (χ0n) is 8.17. The molecule has 0 aliphatic heterocycles. The molecule has 0 spiro atoms. The molecule has 1 rings (SSSR count). The van der Waals surface area contributed by atoms with Gasteiger partial charge >= 0.3 is 6.03 Å². The van der Waals surface area contributed by atoms with Crippen LogP contribution in [0.1, 0.15) is 25.7 Å². The van der Waals surface area contributed by atoms with E-state index in [1.165, 1.54) is 0 Å². The summed E-state index contributed by atoms with van der Waals surface area (Å²) in [6, 6.07) is 0.164. The van der Waals surface area contributed by atoms with Gasteiger partial charge in [-0.25, -0.2) is 4.79 Å². The van der Waals surface area contributed by atoms with Gasteiger partial charge in [0.25, 0.3) is 0 Å². The number of nitrogens with one attached hydrogen (secondary N) is 1. The highest BCUT2D eigenvalue weighted by Crippen LogP contribution is 2.19. The third-order valence-electron chi connectivity index (χ3n) is 2.59. The van der Waals surface area contributed by atoms with Crippen LogP contribution in [0.2, 0.25) is 0 Å². The Morgan fingerprint density at radius 1 is 1.46 bits per heavy atom. The quantitative estimate of drug-likeness (QED) is 0.654. The number of Topliss-reactive ketones (excluding diaryl/α,β-unsaturated/α-hetero) is 1. The number of carbonyl (C=O) groups is 2. The highest BCUT2D eigenvalue weighted by atomic mass is 16.2. The van der Waals surface area contributed by atoms with Crippen LogP contribution in [0.15, 0.2) is 0 Å². The molecule has 4 nitrogen and oxygen atoms in total. The lowest BCUT2D eigenvalue weighted by atomic mass is 9.94. The predicted octanol–water partition coefficient (Wildman–Crippen LogP) is 0.769. The van der Waals surface area contributed by atoms with Crippen molar-refractivity contribution in [1.82, 2.24) is 10.2 Å². The average molecular weight is 184 g/mol. The van der Waals surface area contributed by atoms with Gasteiger partial charge in [0, 0.05) is 33.0 Å². The lowest BCUT2D eigenvalue weighted by molar-refractivity contribution is -0.121. The van der Waals surface area contributed by atoms with E-state index in [2.05, 4.69) is 5.32 Å². The van der Waals surface area contributed by atoms with Crippen LogP contribution >= 0.6 is 0 Å². The normalized spacial score (nSPS) is 18.5. The molecule has 0 aromatic carbocycles. The van der Waals surface area contributed by atoms with Crippen LogP contribution in [0.5, 0.6) is 0 Å². The second-order valence-corrected chi connectivity index (χ2v) is 3.44. The zero-order valence-corrected chi connectivity index (χ0v) is 8.17. The van der Waals surface area contributed by atoms with Gasteiger partial charge in [-0.15, -0.1) is 0 Å². The number of rotatable bonds is 1. The fourth-order valence-corrected chi connectivity index (χ4v) is 1.65. The molecular formula is C9H16N2O2. The van der Waals surface area contributed by atoms with E-state index in [0.717, 1.165) is 12.8 Å². The molecule has 13 heavy (non-hydrogen) atoms. The maximum Gasteiger partial charge on any atom is 0.317 e. The standard InChI is InChI=1S/C9H16N2O2/c1-10-9(13)11(2)7-3-5-8(12)6-4-7/h7H,3-6H2,1-2H3,(H,10,13). The van der Waals surface area contributed by atoms with E-state index in [1.54, 1.807) is 19.0 Å². The number of hydrogen-bond acceptors (Lipinski definition) is 2. The first-order valence-electron chi connectivity index (χ1n) is 4.61. The van der Waals surface area contributed by atoms with Gasteiger partial charge in [0.05, 0.1) is 0 Å². The minimum absolute atomic E-state index is 0.0700. The summed E-state index contributed by atoms with van der Waals surface area (Å²) in [7, 11) is 3.39. The Labute approximate surface area is 78.3 Å². The van der Waals surface area contributed by atoms with E-state index >= 15 is 0 Å². The van der Waals surface area contributed by atoms with Crippen molar-refractivity contribution in [2.45, 2.75) is 31.7 Å². The second-order valence-electron chi connectivity index (χ2n) is 3.44. The molecule has 0 aromatic heterocycles. The average Bonchev–Trinajstić information content (AvgIpc) is 2.17. The van der Waals surface area contributed by atoms with Crippen molar-refractivity contribution in [3.05, 3.63) is 0 Å². The third kappa shape index (κ3) is 2.44. The Morgan fingerprint density at radius 3 is 2.46 bits per heavy atom. The Hall–Kier alpha value is -1.06. The van der Waals surface area contributed by atoms with Gasteiger partial charge in [-0.1, -0.05) is 0 Å². The van der Waals surface area contributed by atoms with Crippen molar-refractivity contribution < 1.29 is 9.59 Å². The minimum Gasteiger partial charge on any atom is -0.341 e. The van der Waals surface area contributed by atoms with Gasteiger partial charge in [0.2, 0.25) is 0 Å². The topological polar surface area (TPSA) is 49.4 Å². The van der Waals surface area contributed by atoms with E-state index in [0.29, 0.717) is 18.6 Å². The summed E-state index contributed by atoms with van der Waals surface area (Å²) in [5.74, 6) is 0.321. The first-order valence-corrected chi connectivity index (χ1v) is 4.61. The maximum atomic E-state index is 11.2. The fraction of sp³-hybridized carbons (Fsp3) is 0.778. The minimum atomic E-state index is -0.0700. The van der Waals surface area contributed by atoms with Gasteiger partial charge in [-0.2, -0.15) is 0 Å². The number of hydrogen-bond donors (Lipinski definition) is 1. The Bertz CT molecular complexity index is 206. The Kier molecular flexibility index (Phi) is 3.28. The number of carbonyl (C=O) groups excluding carboxylic acids is 2. The third-order valence-corrected chi connectivity index (χ3v) is 2.59. The van der Waals surface area contributed by atoms with Crippen LogP contribution in [0.25, 0.3) is 0 Å². The van der Waals surface area contributed by atoms with Gasteiger partial charge in [0.1, 0.15) is 5.78 Å². The van der Waals surface area contributed by atoms with Crippen molar-refractivity contribution in [1.29, 1.82) is 0 Å². The van der Waals surface area contributed by atoms with Crippen LogP contribution in [0, 0.1) is 0 Å². The van der Waals surface area contributed by atoms with Crippen LogP contribution in [-0.2, 0) is 4.79 Å². The molecule has 0 unspecified atom stereocenters. The summed E-state index contributed by atoms with van der Waals surface area (Å²) in [5.41, 5.74) is 0. The molecule has 0 radical (unpaired) electrons. The fourth-order valence-electron chi connectivity index (χ4n) is 1.65. The number of amides is 2. The maximum absolute atomic E-state index is 11.2. The van der Waals surface area contributed by atoms with Crippen molar-refractivity contribution in [2.75, 3.05) is 14.1 Å². The Balaban J connectivity index is 2.44. The van der Waals surface area contributed by atoms with Crippen LogP contribution in [-0.4, -0.2) is 36.9 Å². The van der Waals surface area contributed by atoms with Crippen LogP contribution < -0.4 is 5.32 Å². The molecule has 1 fully saturated rings. The molecule has 2 amide bonds. The van der Waals surface area contributed by atoms with Crippen LogP contribution in [0.3, 0.4) is 0 Å². The summed E-state index contributed by atoms with van der Waals surface area (Å²) in [6.45, 7) is 0. The molecule has 1 aliphatic rings. The Morgan fingerprint density at radius 2 is 2.00 bits per heavy atom. The van der Waals surface area contributed by atoms with Gasteiger partial charge < -0.3 is 10.2 Å². The van der Waals surface area contributed by atoms with E-state index in [-0.39, 0.29) is 12.1 Å². The monoisotopic (exact) mass is 184 g/mol. The molecular weight excluding hydrogens is 168 g/mol. The summed E-state index contributed by atoms with van der Waals surface area (Å²) in [5, 5.41) is 2.58. The van der Waals surface area contributed by atoms with Crippen molar-refractivity contribution >= 4 is 11.8 Å². The summed E-state index contributed by atoms with van der Waals surface area (Å²) in [4.78, 5) is 23.9. The number of nitrogens with zero attached hydrogens (tertiary/aromatic N) is 1. The first-order chi connectivity index (χ1) is 6.15. The smallest absolute Gasteiger partial charge is 0.317 e.